The van der Waals surface area contributed by atoms with Crippen molar-refractivity contribution in [3.8, 4) is 0 Å². The molecule has 0 bridgehead atoms. The molecule has 1 N–H and O–H groups in total. The second-order valence-electron chi connectivity index (χ2n) is 7.92. The highest BCUT2D eigenvalue weighted by Crippen LogP contribution is 2.25. The molecule has 4 rings (SSSR count). The fourth-order valence-corrected chi connectivity index (χ4v) is 5.05. The van der Waals surface area contributed by atoms with Gasteiger partial charge in [0, 0.05) is 43.5 Å². The van der Waals surface area contributed by atoms with Crippen molar-refractivity contribution >= 4 is 21.6 Å². The Balaban J connectivity index is 1.44. The summed E-state index contributed by atoms with van der Waals surface area (Å²) in [6.07, 6.45) is 1.76. The van der Waals surface area contributed by atoms with Crippen molar-refractivity contribution < 1.29 is 13.2 Å². The molecule has 7 heteroatoms. The van der Waals surface area contributed by atoms with Crippen molar-refractivity contribution in [1.82, 2.24) is 9.62 Å². The summed E-state index contributed by atoms with van der Waals surface area (Å²) in [5.74, 6) is -0.117. The van der Waals surface area contributed by atoms with E-state index in [4.69, 9.17) is 0 Å². The fourth-order valence-electron chi connectivity index (χ4n) is 3.70. The summed E-state index contributed by atoms with van der Waals surface area (Å²) in [5.41, 5.74) is 4.17. The molecular formula is C22H27N3O3S. The predicted molar refractivity (Wildman–Crippen MR) is 114 cm³/mol. The average Bonchev–Trinajstić information content (AvgIpc) is 3.53. The number of rotatable bonds is 5. The Morgan fingerprint density at radius 3 is 2.38 bits per heavy atom. The maximum absolute atomic E-state index is 13.0. The Kier molecular flexibility index (Phi) is 5.36. The number of anilines is 1. The third-order valence-corrected chi connectivity index (χ3v) is 7.29. The lowest BCUT2D eigenvalue weighted by Gasteiger charge is -2.37. The van der Waals surface area contributed by atoms with Crippen molar-refractivity contribution in [3.63, 3.8) is 0 Å². The number of sulfonamides is 1. The number of hydrogen-bond donors (Lipinski definition) is 1. The minimum Gasteiger partial charge on any atom is -0.368 e. The lowest BCUT2D eigenvalue weighted by atomic mass is 10.1. The van der Waals surface area contributed by atoms with Gasteiger partial charge in [0.1, 0.15) is 0 Å². The fraction of sp³-hybridized carbons (Fsp3) is 0.409. The molecule has 154 valence electrons. The van der Waals surface area contributed by atoms with Gasteiger partial charge < -0.3 is 9.80 Å². The Bertz CT molecular complexity index is 1020. The Morgan fingerprint density at radius 2 is 1.69 bits per heavy atom. The molecule has 1 amide bonds. The number of nitrogens with one attached hydrogen (secondary N) is 1. The van der Waals surface area contributed by atoms with Gasteiger partial charge in [0.2, 0.25) is 10.0 Å². The van der Waals surface area contributed by atoms with Crippen LogP contribution in [-0.2, 0) is 10.0 Å². The minimum atomic E-state index is -3.57. The topological polar surface area (TPSA) is 69.7 Å². The molecule has 1 saturated carbocycles. The number of amides is 1. The average molecular weight is 414 g/mol. The lowest BCUT2D eigenvalue weighted by molar-refractivity contribution is 0.0746. The van der Waals surface area contributed by atoms with Crippen LogP contribution in [-0.4, -0.2) is 51.4 Å². The molecule has 0 atom stereocenters. The maximum Gasteiger partial charge on any atom is 0.254 e. The normalized spacial score (nSPS) is 17.4. The zero-order chi connectivity index (χ0) is 20.6. The van der Waals surface area contributed by atoms with E-state index in [0.717, 1.165) is 25.9 Å². The molecule has 0 unspecified atom stereocenters. The number of hydrogen-bond acceptors (Lipinski definition) is 4. The summed E-state index contributed by atoms with van der Waals surface area (Å²) in [7, 11) is -3.57. The van der Waals surface area contributed by atoms with Crippen molar-refractivity contribution in [2.75, 3.05) is 31.1 Å². The third-order valence-electron chi connectivity index (χ3n) is 5.77. The van der Waals surface area contributed by atoms with Crippen LogP contribution in [0.5, 0.6) is 0 Å². The first kappa shape index (κ1) is 19.9. The SMILES string of the molecule is Cc1cccc(N2CCN(C(=O)c3cccc(S(=O)(=O)NC4CC4)c3)CC2)c1C. The van der Waals surface area contributed by atoms with E-state index < -0.39 is 10.0 Å². The van der Waals surface area contributed by atoms with Crippen molar-refractivity contribution in [2.45, 2.75) is 37.6 Å². The zero-order valence-corrected chi connectivity index (χ0v) is 17.7. The first-order valence-electron chi connectivity index (χ1n) is 10.1. The van der Waals surface area contributed by atoms with E-state index in [1.807, 2.05) is 4.90 Å². The van der Waals surface area contributed by atoms with Gasteiger partial charge in [0.05, 0.1) is 4.90 Å². The molecule has 2 aliphatic rings. The highest BCUT2D eigenvalue weighted by molar-refractivity contribution is 7.89. The molecule has 6 nitrogen and oxygen atoms in total. The molecule has 1 heterocycles. The van der Waals surface area contributed by atoms with E-state index in [1.54, 1.807) is 18.2 Å². The number of carbonyl (C=O) groups is 1. The molecule has 2 fully saturated rings. The van der Waals surface area contributed by atoms with Crippen LogP contribution in [0.2, 0.25) is 0 Å². The van der Waals surface area contributed by atoms with E-state index in [1.165, 1.54) is 22.9 Å². The molecule has 2 aromatic carbocycles. The molecule has 29 heavy (non-hydrogen) atoms. The molecule has 0 aromatic heterocycles. The van der Waals surface area contributed by atoms with E-state index >= 15 is 0 Å². The monoisotopic (exact) mass is 413 g/mol. The first-order chi connectivity index (χ1) is 13.8. The minimum absolute atomic E-state index is 0.0394. The van der Waals surface area contributed by atoms with E-state index in [9.17, 15) is 13.2 Å². The number of carbonyl (C=O) groups excluding carboxylic acids is 1. The quantitative estimate of drug-likeness (QED) is 0.818. The summed E-state index contributed by atoms with van der Waals surface area (Å²) in [5, 5.41) is 0. The molecule has 0 radical (unpaired) electrons. The van der Waals surface area contributed by atoms with Gasteiger partial charge in [-0.2, -0.15) is 0 Å². The van der Waals surface area contributed by atoms with Crippen molar-refractivity contribution in [2.24, 2.45) is 0 Å². The lowest BCUT2D eigenvalue weighted by Crippen LogP contribution is -2.49. The van der Waals surface area contributed by atoms with Crippen LogP contribution in [0, 0.1) is 13.8 Å². The largest absolute Gasteiger partial charge is 0.368 e. The summed E-state index contributed by atoms with van der Waals surface area (Å²) < 4.78 is 27.6. The smallest absolute Gasteiger partial charge is 0.254 e. The van der Waals surface area contributed by atoms with Gasteiger partial charge in [-0.15, -0.1) is 0 Å². The van der Waals surface area contributed by atoms with Gasteiger partial charge in [0.15, 0.2) is 0 Å². The highest BCUT2D eigenvalue weighted by atomic mass is 32.2. The van der Waals surface area contributed by atoms with Crippen LogP contribution >= 0.6 is 0 Å². The Hall–Kier alpha value is -2.38. The molecule has 1 aliphatic heterocycles. The van der Waals surface area contributed by atoms with Crippen LogP contribution in [0.3, 0.4) is 0 Å². The summed E-state index contributed by atoms with van der Waals surface area (Å²) >= 11 is 0. The van der Waals surface area contributed by atoms with Crippen LogP contribution in [0.1, 0.15) is 34.3 Å². The van der Waals surface area contributed by atoms with Gasteiger partial charge in [-0.1, -0.05) is 18.2 Å². The summed E-state index contributed by atoms with van der Waals surface area (Å²) in [6, 6.07) is 12.7. The molecule has 0 spiro atoms. The zero-order valence-electron chi connectivity index (χ0n) is 16.9. The second kappa shape index (κ2) is 7.80. The summed E-state index contributed by atoms with van der Waals surface area (Å²) in [4.78, 5) is 17.2. The van der Waals surface area contributed by atoms with Crippen LogP contribution in [0.15, 0.2) is 47.4 Å². The number of benzene rings is 2. The van der Waals surface area contributed by atoms with Crippen LogP contribution in [0.25, 0.3) is 0 Å². The van der Waals surface area contributed by atoms with Gasteiger partial charge in [-0.05, 0) is 62.1 Å². The first-order valence-corrected chi connectivity index (χ1v) is 11.6. The summed E-state index contributed by atoms with van der Waals surface area (Å²) in [6.45, 7) is 6.99. The van der Waals surface area contributed by atoms with E-state index in [0.29, 0.717) is 18.7 Å². The van der Waals surface area contributed by atoms with Gasteiger partial charge in [-0.25, -0.2) is 13.1 Å². The molecule has 1 aliphatic carbocycles. The van der Waals surface area contributed by atoms with Crippen molar-refractivity contribution in [1.29, 1.82) is 0 Å². The molecule has 2 aromatic rings. The van der Waals surface area contributed by atoms with Crippen LogP contribution in [0.4, 0.5) is 5.69 Å². The van der Waals surface area contributed by atoms with Gasteiger partial charge in [0.25, 0.3) is 5.91 Å². The third kappa shape index (κ3) is 4.31. The maximum atomic E-state index is 13.0. The molecular weight excluding hydrogens is 386 g/mol. The highest BCUT2D eigenvalue weighted by Gasteiger charge is 2.29. The van der Waals surface area contributed by atoms with Crippen LogP contribution < -0.4 is 9.62 Å². The second-order valence-corrected chi connectivity index (χ2v) is 9.64. The number of nitrogens with zero attached hydrogens (tertiary/aromatic N) is 2. The number of piperazine rings is 1. The van der Waals surface area contributed by atoms with Crippen molar-refractivity contribution in [3.05, 3.63) is 59.2 Å². The Morgan fingerprint density at radius 1 is 1.00 bits per heavy atom. The molecule has 1 saturated heterocycles. The van der Waals surface area contributed by atoms with Gasteiger partial charge >= 0.3 is 0 Å². The van der Waals surface area contributed by atoms with E-state index in [2.05, 4.69) is 41.7 Å². The van der Waals surface area contributed by atoms with E-state index in [-0.39, 0.29) is 16.8 Å². The Labute approximate surface area is 172 Å². The predicted octanol–water partition coefficient (Wildman–Crippen LogP) is 2.71. The standard InChI is InChI=1S/C22H27N3O3S/c1-16-5-3-8-21(17(16)2)24-11-13-25(14-12-24)22(26)18-6-4-7-20(15-18)29(27,28)23-19-9-10-19/h3-8,15,19,23H,9-14H2,1-2H3. The number of aryl methyl sites for hydroxylation is 1. The van der Waals surface area contributed by atoms with Gasteiger partial charge in [-0.3, -0.25) is 4.79 Å².